The monoisotopic (exact) mass is 328 g/mol. The van der Waals surface area contributed by atoms with E-state index in [2.05, 4.69) is 65.0 Å². The summed E-state index contributed by atoms with van der Waals surface area (Å²) in [5, 5.41) is 0. The average molecular weight is 329 g/mol. The zero-order valence-corrected chi connectivity index (χ0v) is 16.3. The molecule has 0 aromatic heterocycles. The van der Waals surface area contributed by atoms with E-state index in [1.165, 1.54) is 18.4 Å². The summed E-state index contributed by atoms with van der Waals surface area (Å²) in [7, 11) is 0. The quantitative estimate of drug-likeness (QED) is 0.549. The second kappa shape index (κ2) is 8.32. The maximum Gasteiger partial charge on any atom is 0.136 e. The fraction of sp³-hybridized carbons (Fsp3) is 0.696. The average Bonchev–Trinajstić information content (AvgIpc) is 2.55. The number of hydrogen-bond donors (Lipinski definition) is 0. The van der Waals surface area contributed by atoms with Crippen molar-refractivity contribution in [1.29, 1.82) is 0 Å². The minimum absolute atomic E-state index is 0.280. The summed E-state index contributed by atoms with van der Waals surface area (Å²) in [6, 6.07) is 10.7. The molecule has 0 radical (unpaired) electrons. The lowest BCUT2D eigenvalue weighted by molar-refractivity contribution is -0.128. The van der Waals surface area contributed by atoms with E-state index in [-0.39, 0.29) is 5.92 Å². The van der Waals surface area contributed by atoms with Gasteiger partial charge in [-0.3, -0.25) is 4.79 Å². The van der Waals surface area contributed by atoms with Crippen molar-refractivity contribution in [2.75, 3.05) is 0 Å². The van der Waals surface area contributed by atoms with Crippen molar-refractivity contribution in [2.24, 2.45) is 23.2 Å². The molecule has 3 unspecified atom stereocenters. The van der Waals surface area contributed by atoms with E-state index in [1.54, 1.807) is 0 Å². The molecule has 0 heterocycles. The molecular weight excluding hydrogens is 292 g/mol. The fourth-order valence-electron chi connectivity index (χ4n) is 4.59. The van der Waals surface area contributed by atoms with E-state index in [1.807, 2.05) is 0 Å². The van der Waals surface area contributed by atoms with Crippen molar-refractivity contribution in [3.8, 4) is 0 Å². The topological polar surface area (TPSA) is 17.1 Å². The van der Waals surface area contributed by atoms with Crippen LogP contribution in [-0.2, 0) is 4.79 Å². The molecular formula is C23H36O. The lowest BCUT2D eigenvalue weighted by Crippen LogP contribution is -2.37. The minimum Gasteiger partial charge on any atom is -0.299 e. The van der Waals surface area contributed by atoms with Gasteiger partial charge in [0.05, 0.1) is 0 Å². The van der Waals surface area contributed by atoms with Crippen LogP contribution in [0.3, 0.4) is 0 Å². The molecule has 1 saturated carbocycles. The summed E-state index contributed by atoms with van der Waals surface area (Å²) in [4.78, 5) is 13.1. The van der Waals surface area contributed by atoms with Gasteiger partial charge in [-0.05, 0) is 60.8 Å². The Bertz CT molecular complexity index is 514. The van der Waals surface area contributed by atoms with Gasteiger partial charge in [0.2, 0.25) is 0 Å². The van der Waals surface area contributed by atoms with Crippen molar-refractivity contribution < 1.29 is 4.79 Å². The van der Waals surface area contributed by atoms with Gasteiger partial charge in [-0.25, -0.2) is 0 Å². The van der Waals surface area contributed by atoms with Crippen LogP contribution >= 0.6 is 0 Å². The molecule has 0 N–H and O–H groups in total. The van der Waals surface area contributed by atoms with Gasteiger partial charge in [0.15, 0.2) is 0 Å². The number of Topliss-reactive ketones (excluding diaryl/α,β-unsaturated/α-hetero) is 1. The molecule has 1 nitrogen and oxygen atoms in total. The molecule has 3 atom stereocenters. The molecule has 0 aliphatic heterocycles. The first kappa shape index (κ1) is 19.2. The molecule has 0 spiro atoms. The van der Waals surface area contributed by atoms with E-state index in [0.29, 0.717) is 29.0 Å². The Morgan fingerprint density at radius 2 is 1.88 bits per heavy atom. The number of carbonyl (C=O) groups excluding carboxylic acids is 1. The van der Waals surface area contributed by atoms with Gasteiger partial charge in [-0.1, -0.05) is 65.0 Å². The third kappa shape index (κ3) is 4.94. The molecule has 0 bridgehead atoms. The molecule has 0 saturated heterocycles. The summed E-state index contributed by atoms with van der Waals surface area (Å²) in [5.41, 5.74) is 1.71. The Morgan fingerprint density at radius 1 is 1.21 bits per heavy atom. The first-order valence-electron chi connectivity index (χ1n) is 9.91. The van der Waals surface area contributed by atoms with Gasteiger partial charge >= 0.3 is 0 Å². The number of ketones is 1. The normalized spacial score (nSPS) is 24.8. The van der Waals surface area contributed by atoms with Crippen LogP contribution in [0.2, 0.25) is 0 Å². The van der Waals surface area contributed by atoms with Crippen molar-refractivity contribution in [2.45, 2.75) is 79.1 Å². The van der Waals surface area contributed by atoms with Gasteiger partial charge in [0.1, 0.15) is 5.78 Å². The van der Waals surface area contributed by atoms with Crippen LogP contribution in [0.1, 0.15) is 84.6 Å². The van der Waals surface area contributed by atoms with Crippen LogP contribution in [0, 0.1) is 23.2 Å². The second-order valence-corrected chi connectivity index (χ2v) is 8.94. The summed E-state index contributed by atoms with van der Waals surface area (Å²) >= 11 is 0. The van der Waals surface area contributed by atoms with Gasteiger partial charge in [0, 0.05) is 12.3 Å². The zero-order chi connectivity index (χ0) is 17.7. The summed E-state index contributed by atoms with van der Waals surface area (Å²) in [5.74, 6) is 2.52. The van der Waals surface area contributed by atoms with E-state index >= 15 is 0 Å². The SMILES string of the molecule is CCC(CCC(=O)C1CC(C)(C)CCC1C(C)C)c1ccccc1. The van der Waals surface area contributed by atoms with Crippen LogP contribution in [0.15, 0.2) is 30.3 Å². The van der Waals surface area contributed by atoms with Crippen molar-refractivity contribution in [3.63, 3.8) is 0 Å². The van der Waals surface area contributed by atoms with Crippen LogP contribution < -0.4 is 0 Å². The van der Waals surface area contributed by atoms with E-state index in [9.17, 15) is 4.79 Å². The zero-order valence-electron chi connectivity index (χ0n) is 16.3. The lowest BCUT2D eigenvalue weighted by atomic mass is 9.62. The standard InChI is InChI=1S/C23H36O/c1-6-18(19-10-8-7-9-11-19)12-13-22(24)21-16-23(4,5)15-14-20(21)17(2)3/h7-11,17-18,20-21H,6,12-16H2,1-5H3. The van der Waals surface area contributed by atoms with Gasteiger partial charge in [0.25, 0.3) is 0 Å². The molecule has 24 heavy (non-hydrogen) atoms. The van der Waals surface area contributed by atoms with E-state index < -0.39 is 0 Å². The lowest BCUT2D eigenvalue weighted by Gasteiger charge is -2.42. The molecule has 1 aromatic rings. The van der Waals surface area contributed by atoms with Crippen LogP contribution in [0.4, 0.5) is 0 Å². The van der Waals surface area contributed by atoms with E-state index in [0.717, 1.165) is 25.7 Å². The first-order chi connectivity index (χ1) is 11.3. The Balaban J connectivity index is 2.01. The Labute approximate surface area is 149 Å². The van der Waals surface area contributed by atoms with Crippen molar-refractivity contribution >= 4 is 5.78 Å². The third-order valence-electron chi connectivity index (χ3n) is 6.22. The van der Waals surface area contributed by atoms with Gasteiger partial charge < -0.3 is 0 Å². The number of rotatable bonds is 7. The minimum atomic E-state index is 0.280. The van der Waals surface area contributed by atoms with Crippen molar-refractivity contribution in [1.82, 2.24) is 0 Å². The molecule has 1 aliphatic rings. The highest BCUT2D eigenvalue weighted by molar-refractivity contribution is 5.81. The van der Waals surface area contributed by atoms with Crippen LogP contribution in [0.25, 0.3) is 0 Å². The summed E-state index contributed by atoms with van der Waals surface area (Å²) < 4.78 is 0. The highest BCUT2D eigenvalue weighted by Crippen LogP contribution is 2.45. The summed E-state index contributed by atoms with van der Waals surface area (Å²) in [6.45, 7) is 11.5. The molecule has 0 amide bonds. The molecule has 1 aromatic carbocycles. The largest absolute Gasteiger partial charge is 0.299 e. The Hall–Kier alpha value is -1.11. The van der Waals surface area contributed by atoms with E-state index in [4.69, 9.17) is 0 Å². The number of carbonyl (C=O) groups is 1. The molecule has 1 aliphatic carbocycles. The molecule has 1 heteroatoms. The molecule has 134 valence electrons. The first-order valence-corrected chi connectivity index (χ1v) is 9.91. The molecule has 1 fully saturated rings. The highest BCUT2D eigenvalue weighted by atomic mass is 16.1. The second-order valence-electron chi connectivity index (χ2n) is 8.94. The van der Waals surface area contributed by atoms with Gasteiger partial charge in [-0.2, -0.15) is 0 Å². The maximum absolute atomic E-state index is 13.1. The van der Waals surface area contributed by atoms with Crippen LogP contribution in [-0.4, -0.2) is 5.78 Å². The Kier molecular flexibility index (Phi) is 6.66. The highest BCUT2D eigenvalue weighted by Gasteiger charge is 2.39. The molecule has 2 rings (SSSR count). The number of benzene rings is 1. The predicted octanol–water partition coefficient (Wildman–Crippen LogP) is 6.63. The fourth-order valence-corrected chi connectivity index (χ4v) is 4.59. The maximum atomic E-state index is 13.1. The smallest absolute Gasteiger partial charge is 0.136 e. The van der Waals surface area contributed by atoms with Crippen molar-refractivity contribution in [3.05, 3.63) is 35.9 Å². The summed E-state index contributed by atoms with van der Waals surface area (Å²) in [6.07, 6.45) is 6.43. The van der Waals surface area contributed by atoms with Crippen LogP contribution in [0.5, 0.6) is 0 Å². The van der Waals surface area contributed by atoms with Gasteiger partial charge in [-0.15, -0.1) is 0 Å². The predicted molar refractivity (Wildman–Crippen MR) is 103 cm³/mol. The third-order valence-corrected chi connectivity index (χ3v) is 6.22. The number of hydrogen-bond acceptors (Lipinski definition) is 1. The Morgan fingerprint density at radius 3 is 2.46 bits per heavy atom.